The molecule has 0 spiro atoms. The topological polar surface area (TPSA) is 50.1 Å². The van der Waals surface area contributed by atoms with Gasteiger partial charge >= 0.3 is 0 Å². The molecule has 4 heteroatoms. The Labute approximate surface area is 124 Å². The monoisotopic (exact) mass is 283 g/mol. The van der Waals surface area contributed by atoms with Crippen molar-refractivity contribution in [3.8, 4) is 11.3 Å². The molecule has 0 amide bonds. The van der Waals surface area contributed by atoms with E-state index in [0.29, 0.717) is 12.3 Å². The van der Waals surface area contributed by atoms with Gasteiger partial charge < -0.3 is 15.0 Å². The summed E-state index contributed by atoms with van der Waals surface area (Å²) in [6.45, 7) is 2.94. The van der Waals surface area contributed by atoms with Crippen molar-refractivity contribution in [3.63, 3.8) is 0 Å². The number of imidazole rings is 1. The number of hydrogen-bond donors (Lipinski definition) is 2. The molecule has 4 nitrogen and oxygen atoms in total. The molecule has 2 aliphatic heterocycles. The van der Waals surface area contributed by atoms with Gasteiger partial charge in [0.2, 0.25) is 0 Å². The van der Waals surface area contributed by atoms with Crippen LogP contribution in [0.3, 0.4) is 0 Å². The van der Waals surface area contributed by atoms with E-state index in [1.54, 1.807) is 0 Å². The van der Waals surface area contributed by atoms with Gasteiger partial charge in [-0.3, -0.25) is 0 Å². The summed E-state index contributed by atoms with van der Waals surface area (Å²) in [7, 11) is 0. The SMILES string of the molecule is OC(Cc1ncn2c1-c1ccccc1C2)C1CCNCC1. The van der Waals surface area contributed by atoms with Crippen molar-refractivity contribution in [1.82, 2.24) is 14.9 Å². The van der Waals surface area contributed by atoms with Crippen LogP contribution in [-0.2, 0) is 13.0 Å². The van der Waals surface area contributed by atoms with Crippen LogP contribution >= 0.6 is 0 Å². The molecule has 110 valence electrons. The molecule has 1 unspecified atom stereocenters. The molecule has 0 bridgehead atoms. The molecule has 1 aromatic heterocycles. The summed E-state index contributed by atoms with van der Waals surface area (Å²) in [4.78, 5) is 4.56. The normalized spacial score (nSPS) is 19.3. The van der Waals surface area contributed by atoms with E-state index in [-0.39, 0.29) is 6.10 Å². The van der Waals surface area contributed by atoms with E-state index in [0.717, 1.165) is 38.2 Å². The zero-order chi connectivity index (χ0) is 14.2. The molecule has 4 rings (SSSR count). The average molecular weight is 283 g/mol. The van der Waals surface area contributed by atoms with Gasteiger partial charge in [-0.25, -0.2) is 4.98 Å². The molecule has 2 aromatic rings. The second-order valence-corrected chi connectivity index (χ2v) is 6.18. The van der Waals surface area contributed by atoms with Crippen molar-refractivity contribution < 1.29 is 5.11 Å². The number of nitrogens with zero attached hydrogens (tertiary/aromatic N) is 2. The molecule has 1 atom stereocenters. The van der Waals surface area contributed by atoms with Gasteiger partial charge in [0.15, 0.2) is 0 Å². The molecular formula is C17H21N3O. The Morgan fingerprint density at radius 2 is 2.10 bits per heavy atom. The summed E-state index contributed by atoms with van der Waals surface area (Å²) in [5.41, 5.74) is 4.89. The van der Waals surface area contributed by atoms with Crippen LogP contribution in [0, 0.1) is 5.92 Å². The first-order valence-electron chi connectivity index (χ1n) is 7.84. The minimum Gasteiger partial charge on any atom is -0.392 e. The first kappa shape index (κ1) is 13.0. The molecule has 1 aromatic carbocycles. The number of piperidine rings is 1. The number of hydrogen-bond acceptors (Lipinski definition) is 3. The van der Waals surface area contributed by atoms with E-state index in [4.69, 9.17) is 0 Å². The van der Waals surface area contributed by atoms with Crippen LogP contribution in [0.2, 0.25) is 0 Å². The zero-order valence-corrected chi connectivity index (χ0v) is 12.1. The fourth-order valence-electron chi connectivity index (χ4n) is 3.67. The van der Waals surface area contributed by atoms with E-state index in [2.05, 4.69) is 39.1 Å². The third-order valence-electron chi connectivity index (χ3n) is 4.86. The average Bonchev–Trinajstić information content (AvgIpc) is 3.08. The van der Waals surface area contributed by atoms with E-state index in [9.17, 15) is 5.11 Å². The molecule has 21 heavy (non-hydrogen) atoms. The van der Waals surface area contributed by atoms with E-state index in [1.807, 2.05) is 6.33 Å². The fraction of sp³-hybridized carbons (Fsp3) is 0.471. The highest BCUT2D eigenvalue weighted by molar-refractivity contribution is 5.70. The largest absolute Gasteiger partial charge is 0.392 e. The number of aromatic nitrogens is 2. The third-order valence-corrected chi connectivity index (χ3v) is 4.86. The second-order valence-electron chi connectivity index (χ2n) is 6.18. The first-order valence-corrected chi connectivity index (χ1v) is 7.84. The molecule has 3 heterocycles. The van der Waals surface area contributed by atoms with Crippen LogP contribution in [-0.4, -0.2) is 33.9 Å². The van der Waals surface area contributed by atoms with Crippen LogP contribution in [0.1, 0.15) is 24.1 Å². The van der Waals surface area contributed by atoms with Gasteiger partial charge in [-0.2, -0.15) is 0 Å². The van der Waals surface area contributed by atoms with E-state index in [1.165, 1.54) is 16.8 Å². The van der Waals surface area contributed by atoms with E-state index < -0.39 is 0 Å². The predicted octanol–water partition coefficient (Wildman–Crippen LogP) is 1.81. The number of nitrogens with one attached hydrogen (secondary N) is 1. The van der Waals surface area contributed by atoms with Crippen LogP contribution < -0.4 is 5.32 Å². The molecule has 0 aliphatic carbocycles. The lowest BCUT2D eigenvalue weighted by molar-refractivity contribution is 0.0884. The standard InChI is InChI=1S/C17H21N3O/c21-16(12-5-7-18-8-6-12)9-15-17-14-4-2-1-3-13(14)10-20(17)11-19-15/h1-4,11-12,16,18,21H,5-10H2. The van der Waals surface area contributed by atoms with Gasteiger partial charge in [0.1, 0.15) is 0 Å². The Morgan fingerprint density at radius 3 is 2.95 bits per heavy atom. The minimum atomic E-state index is -0.278. The lowest BCUT2D eigenvalue weighted by Gasteiger charge is -2.27. The van der Waals surface area contributed by atoms with Gasteiger partial charge in [-0.05, 0) is 37.4 Å². The highest BCUT2D eigenvalue weighted by Crippen LogP contribution is 2.34. The quantitative estimate of drug-likeness (QED) is 0.771. The van der Waals surface area contributed by atoms with Crippen molar-refractivity contribution in [2.75, 3.05) is 13.1 Å². The Kier molecular flexibility index (Phi) is 3.28. The summed E-state index contributed by atoms with van der Waals surface area (Å²) >= 11 is 0. The summed E-state index contributed by atoms with van der Waals surface area (Å²) in [5.74, 6) is 0.403. The second kappa shape index (κ2) is 5.28. The maximum atomic E-state index is 10.5. The maximum absolute atomic E-state index is 10.5. The van der Waals surface area contributed by atoms with Gasteiger partial charge in [-0.1, -0.05) is 24.3 Å². The van der Waals surface area contributed by atoms with Gasteiger partial charge in [0, 0.05) is 18.5 Å². The molecule has 2 aliphatic rings. The van der Waals surface area contributed by atoms with Crippen molar-refractivity contribution in [2.45, 2.75) is 31.9 Å². The van der Waals surface area contributed by atoms with E-state index >= 15 is 0 Å². The zero-order valence-electron chi connectivity index (χ0n) is 12.1. The summed E-state index contributed by atoms with van der Waals surface area (Å²) < 4.78 is 2.20. The number of fused-ring (bicyclic) bond motifs is 3. The molecule has 0 saturated carbocycles. The lowest BCUT2D eigenvalue weighted by Crippen LogP contribution is -2.35. The van der Waals surface area contributed by atoms with Crippen LogP contribution in [0.5, 0.6) is 0 Å². The Balaban J connectivity index is 1.58. The maximum Gasteiger partial charge on any atom is 0.0957 e. The van der Waals surface area contributed by atoms with Crippen LogP contribution in [0.15, 0.2) is 30.6 Å². The molecule has 1 fully saturated rings. The predicted molar refractivity (Wildman–Crippen MR) is 82.1 cm³/mol. The Bertz CT molecular complexity index is 643. The minimum absolute atomic E-state index is 0.278. The van der Waals surface area contributed by atoms with Crippen molar-refractivity contribution >= 4 is 0 Å². The Hall–Kier alpha value is -1.65. The summed E-state index contributed by atoms with van der Waals surface area (Å²) in [6, 6.07) is 8.50. The molecule has 2 N–H and O–H groups in total. The van der Waals surface area contributed by atoms with Crippen molar-refractivity contribution in [3.05, 3.63) is 41.9 Å². The summed E-state index contributed by atoms with van der Waals surface area (Å²) in [5, 5.41) is 13.9. The smallest absolute Gasteiger partial charge is 0.0957 e. The van der Waals surface area contributed by atoms with Crippen LogP contribution in [0.25, 0.3) is 11.3 Å². The number of rotatable bonds is 3. The number of aliphatic hydroxyl groups is 1. The van der Waals surface area contributed by atoms with Crippen LogP contribution in [0.4, 0.5) is 0 Å². The van der Waals surface area contributed by atoms with Crippen molar-refractivity contribution in [1.29, 1.82) is 0 Å². The molecule has 0 radical (unpaired) electrons. The lowest BCUT2D eigenvalue weighted by atomic mass is 9.89. The van der Waals surface area contributed by atoms with Crippen molar-refractivity contribution in [2.24, 2.45) is 5.92 Å². The number of benzene rings is 1. The molecular weight excluding hydrogens is 262 g/mol. The van der Waals surface area contributed by atoms with Gasteiger partial charge in [-0.15, -0.1) is 0 Å². The highest BCUT2D eigenvalue weighted by atomic mass is 16.3. The highest BCUT2D eigenvalue weighted by Gasteiger charge is 2.27. The van der Waals surface area contributed by atoms with Gasteiger partial charge in [0.05, 0.1) is 23.8 Å². The fourth-order valence-corrected chi connectivity index (χ4v) is 3.67. The first-order chi connectivity index (χ1) is 10.3. The number of aliphatic hydroxyl groups excluding tert-OH is 1. The van der Waals surface area contributed by atoms with Gasteiger partial charge in [0.25, 0.3) is 0 Å². The summed E-state index contributed by atoms with van der Waals surface area (Å²) in [6.07, 6.45) is 4.43. The third kappa shape index (κ3) is 2.28. The molecule has 1 saturated heterocycles. The Morgan fingerprint density at radius 1 is 1.29 bits per heavy atom.